The Bertz CT molecular complexity index is 489. The summed E-state index contributed by atoms with van der Waals surface area (Å²) in [6.45, 7) is 1.53. The Morgan fingerprint density at radius 1 is 1.58 bits per heavy atom. The van der Waals surface area contributed by atoms with Crippen LogP contribution < -0.4 is 4.74 Å². The van der Waals surface area contributed by atoms with Crippen LogP contribution in [-0.4, -0.2) is 47.6 Å². The number of amides is 1. The van der Waals surface area contributed by atoms with Gasteiger partial charge in [0.05, 0.1) is 24.7 Å². The minimum Gasteiger partial charge on any atom is -0.490 e. The van der Waals surface area contributed by atoms with Crippen molar-refractivity contribution < 1.29 is 19.6 Å². The van der Waals surface area contributed by atoms with Crippen molar-refractivity contribution in [3.8, 4) is 5.75 Å². The van der Waals surface area contributed by atoms with Crippen molar-refractivity contribution >= 4 is 11.6 Å². The van der Waals surface area contributed by atoms with Crippen LogP contribution >= 0.6 is 0 Å². The predicted molar refractivity (Wildman–Crippen MR) is 68.3 cm³/mol. The minimum absolute atomic E-state index is 0.0286. The second-order valence-corrected chi connectivity index (χ2v) is 4.09. The van der Waals surface area contributed by atoms with E-state index < -0.39 is 4.92 Å². The fourth-order valence-electron chi connectivity index (χ4n) is 1.49. The van der Waals surface area contributed by atoms with E-state index in [0.29, 0.717) is 0 Å². The van der Waals surface area contributed by atoms with Crippen LogP contribution in [-0.2, 0) is 0 Å². The van der Waals surface area contributed by atoms with Crippen LogP contribution in [0, 0.1) is 10.1 Å². The van der Waals surface area contributed by atoms with E-state index >= 15 is 0 Å². The lowest BCUT2D eigenvalue weighted by molar-refractivity contribution is -0.385. The molecule has 0 spiro atoms. The highest BCUT2D eigenvalue weighted by atomic mass is 16.6. The number of carbonyl (C=O) groups is 1. The lowest BCUT2D eigenvalue weighted by Crippen LogP contribution is -2.37. The first-order chi connectivity index (χ1) is 8.92. The number of methoxy groups -OCH3 is 1. The minimum atomic E-state index is -0.576. The number of aliphatic hydroxyl groups is 1. The number of nitrogens with zero attached hydrogens (tertiary/aromatic N) is 2. The lowest BCUT2D eigenvalue weighted by Gasteiger charge is -2.23. The summed E-state index contributed by atoms with van der Waals surface area (Å²) in [6.07, 6.45) is 0. The Balaban J connectivity index is 3.09. The summed E-state index contributed by atoms with van der Waals surface area (Å²) in [5, 5.41) is 19.8. The Kier molecular flexibility index (Phi) is 4.82. The van der Waals surface area contributed by atoms with Crippen LogP contribution in [0.2, 0.25) is 0 Å². The maximum absolute atomic E-state index is 12.1. The molecule has 1 atom stereocenters. The van der Waals surface area contributed by atoms with E-state index in [0.717, 1.165) is 0 Å². The highest BCUT2D eigenvalue weighted by molar-refractivity contribution is 5.95. The fourth-order valence-corrected chi connectivity index (χ4v) is 1.49. The molecule has 7 nitrogen and oxygen atoms in total. The van der Waals surface area contributed by atoms with Gasteiger partial charge in [0.2, 0.25) is 0 Å². The third-order valence-electron chi connectivity index (χ3n) is 2.87. The summed E-state index contributed by atoms with van der Waals surface area (Å²) in [6, 6.07) is 3.57. The number of nitro benzene ring substituents is 1. The van der Waals surface area contributed by atoms with Crippen LogP contribution in [0.15, 0.2) is 18.2 Å². The van der Waals surface area contributed by atoms with Crippen molar-refractivity contribution in [1.82, 2.24) is 4.90 Å². The number of carbonyl (C=O) groups excluding carboxylic acids is 1. The van der Waals surface area contributed by atoms with E-state index in [1.165, 1.54) is 30.2 Å². The molecule has 19 heavy (non-hydrogen) atoms. The van der Waals surface area contributed by atoms with E-state index in [1.807, 2.05) is 0 Å². The number of hydrogen-bond donors (Lipinski definition) is 1. The second kappa shape index (κ2) is 6.14. The summed E-state index contributed by atoms with van der Waals surface area (Å²) >= 11 is 0. The predicted octanol–water partition coefficient (Wildman–Crippen LogP) is 1.06. The van der Waals surface area contributed by atoms with Crippen molar-refractivity contribution in [2.45, 2.75) is 13.0 Å². The number of ether oxygens (including phenoxy) is 1. The largest absolute Gasteiger partial charge is 0.490 e. The first-order valence-corrected chi connectivity index (χ1v) is 5.62. The van der Waals surface area contributed by atoms with Gasteiger partial charge in [0, 0.05) is 24.7 Å². The van der Waals surface area contributed by atoms with Gasteiger partial charge >= 0.3 is 5.69 Å². The zero-order chi connectivity index (χ0) is 14.6. The van der Waals surface area contributed by atoms with Gasteiger partial charge in [0.1, 0.15) is 0 Å². The van der Waals surface area contributed by atoms with Gasteiger partial charge in [-0.05, 0) is 13.0 Å². The van der Waals surface area contributed by atoms with Gasteiger partial charge in [-0.3, -0.25) is 14.9 Å². The molecule has 0 bridgehead atoms. The van der Waals surface area contributed by atoms with Gasteiger partial charge < -0.3 is 14.7 Å². The summed E-state index contributed by atoms with van der Waals surface area (Å²) in [7, 11) is 2.85. The monoisotopic (exact) mass is 268 g/mol. The third-order valence-corrected chi connectivity index (χ3v) is 2.87. The highest BCUT2D eigenvalue weighted by Crippen LogP contribution is 2.28. The van der Waals surface area contributed by atoms with Crippen LogP contribution in [0.25, 0.3) is 0 Å². The molecule has 1 aromatic carbocycles. The van der Waals surface area contributed by atoms with Crippen molar-refractivity contribution in [1.29, 1.82) is 0 Å². The average Bonchev–Trinajstić information content (AvgIpc) is 2.43. The first-order valence-electron chi connectivity index (χ1n) is 5.62. The standard InChI is InChI=1S/C12H16N2O5/c1-8(7-15)13(2)12(16)9-4-5-10(14(17)18)11(6-9)19-3/h4-6,8,15H,7H2,1-3H3. The Morgan fingerprint density at radius 3 is 2.68 bits per heavy atom. The molecule has 7 heteroatoms. The molecule has 0 aliphatic carbocycles. The van der Waals surface area contributed by atoms with Gasteiger partial charge in [0.25, 0.3) is 5.91 Å². The van der Waals surface area contributed by atoms with Gasteiger partial charge in [-0.1, -0.05) is 0 Å². The van der Waals surface area contributed by atoms with Crippen molar-refractivity contribution in [3.05, 3.63) is 33.9 Å². The molecule has 1 amide bonds. The summed E-state index contributed by atoms with van der Waals surface area (Å²) in [4.78, 5) is 23.6. The molecule has 0 fully saturated rings. The number of likely N-dealkylation sites (N-methyl/N-ethyl adjacent to an activating group) is 1. The smallest absolute Gasteiger partial charge is 0.310 e. The molecule has 1 aromatic rings. The molecule has 0 aliphatic rings. The fraction of sp³-hybridized carbons (Fsp3) is 0.417. The second-order valence-electron chi connectivity index (χ2n) is 4.09. The molecule has 1 N–H and O–H groups in total. The Morgan fingerprint density at radius 2 is 2.21 bits per heavy atom. The number of benzene rings is 1. The molecule has 0 saturated heterocycles. The van der Waals surface area contributed by atoms with Crippen molar-refractivity contribution in [3.63, 3.8) is 0 Å². The van der Waals surface area contributed by atoms with E-state index in [2.05, 4.69) is 0 Å². The molecule has 0 heterocycles. The highest BCUT2D eigenvalue weighted by Gasteiger charge is 2.21. The molecule has 0 saturated carbocycles. The van der Waals surface area contributed by atoms with E-state index in [9.17, 15) is 14.9 Å². The number of nitro groups is 1. The van der Waals surface area contributed by atoms with E-state index in [1.54, 1.807) is 14.0 Å². The first kappa shape index (κ1) is 14.9. The normalized spacial score (nSPS) is 11.8. The molecular formula is C12H16N2O5. The maximum Gasteiger partial charge on any atom is 0.310 e. The molecule has 0 aromatic heterocycles. The molecule has 1 unspecified atom stereocenters. The Labute approximate surface area is 110 Å². The zero-order valence-electron chi connectivity index (χ0n) is 11.0. The molecule has 1 rings (SSSR count). The Hall–Kier alpha value is -2.15. The van der Waals surface area contributed by atoms with Gasteiger partial charge in [-0.25, -0.2) is 0 Å². The van der Waals surface area contributed by atoms with Gasteiger partial charge in [-0.2, -0.15) is 0 Å². The lowest BCUT2D eigenvalue weighted by atomic mass is 10.1. The van der Waals surface area contributed by atoms with Gasteiger partial charge in [0.15, 0.2) is 5.75 Å². The average molecular weight is 268 g/mol. The van der Waals surface area contributed by atoms with Crippen molar-refractivity contribution in [2.24, 2.45) is 0 Å². The van der Waals surface area contributed by atoms with E-state index in [-0.39, 0.29) is 35.6 Å². The zero-order valence-corrected chi connectivity index (χ0v) is 11.0. The van der Waals surface area contributed by atoms with Crippen LogP contribution in [0.3, 0.4) is 0 Å². The summed E-state index contributed by atoms with van der Waals surface area (Å²) in [5.41, 5.74) is 0.0714. The summed E-state index contributed by atoms with van der Waals surface area (Å²) in [5.74, 6) is -0.310. The SMILES string of the molecule is COc1cc(C(=O)N(C)C(C)CO)ccc1[N+](=O)[O-]. The van der Waals surface area contributed by atoms with Crippen molar-refractivity contribution in [2.75, 3.05) is 20.8 Å². The van der Waals surface area contributed by atoms with E-state index in [4.69, 9.17) is 9.84 Å². The quantitative estimate of drug-likeness (QED) is 0.636. The van der Waals surface area contributed by atoms with Crippen LogP contribution in [0.5, 0.6) is 5.75 Å². The number of rotatable bonds is 5. The topological polar surface area (TPSA) is 92.9 Å². The number of aliphatic hydroxyl groups excluding tert-OH is 1. The van der Waals surface area contributed by atoms with Crippen LogP contribution in [0.4, 0.5) is 5.69 Å². The maximum atomic E-state index is 12.1. The molecule has 104 valence electrons. The number of hydrogen-bond acceptors (Lipinski definition) is 5. The molecule has 0 radical (unpaired) electrons. The molecular weight excluding hydrogens is 252 g/mol. The van der Waals surface area contributed by atoms with Crippen LogP contribution in [0.1, 0.15) is 17.3 Å². The third kappa shape index (κ3) is 3.19. The summed E-state index contributed by atoms with van der Waals surface area (Å²) < 4.78 is 4.90. The molecule has 0 aliphatic heterocycles. The van der Waals surface area contributed by atoms with Gasteiger partial charge in [-0.15, -0.1) is 0 Å².